The maximum Gasteiger partial charge on any atom is 0.271 e. The number of nitrogens with one attached hydrogen (secondary N) is 2. The summed E-state index contributed by atoms with van der Waals surface area (Å²) in [5.74, 6) is -0.324. The second-order valence-electron chi connectivity index (χ2n) is 5.78. The molecule has 2 N–H and O–H groups in total. The van der Waals surface area contributed by atoms with Crippen LogP contribution in [-0.4, -0.2) is 30.6 Å². The van der Waals surface area contributed by atoms with Crippen molar-refractivity contribution < 1.29 is 14.5 Å². The Morgan fingerprint density at radius 2 is 1.96 bits per heavy atom. The van der Waals surface area contributed by atoms with Crippen molar-refractivity contribution in [3.05, 3.63) is 69.2 Å². The zero-order chi connectivity index (χ0) is 19.1. The molecule has 0 heterocycles. The molecule has 0 aliphatic heterocycles. The van der Waals surface area contributed by atoms with Gasteiger partial charge in [0.25, 0.3) is 5.69 Å². The van der Waals surface area contributed by atoms with Gasteiger partial charge < -0.3 is 10.1 Å². The number of nitro groups is 1. The minimum atomic E-state index is -0.632. The van der Waals surface area contributed by atoms with Crippen molar-refractivity contribution in [2.24, 2.45) is 0 Å². The summed E-state index contributed by atoms with van der Waals surface area (Å²) in [5.41, 5.74) is 0.954. The summed E-state index contributed by atoms with van der Waals surface area (Å²) in [5, 5.41) is 16.8. The quantitative estimate of drug-likeness (QED) is 0.542. The maximum absolute atomic E-state index is 12.8. The third kappa shape index (κ3) is 5.26. The van der Waals surface area contributed by atoms with Gasteiger partial charge >= 0.3 is 0 Å². The number of hydrogen-bond donors (Lipinski definition) is 2. The predicted octanol–water partition coefficient (Wildman–Crippen LogP) is 3.55. The number of non-ortho nitro benzene ring substituents is 1. The van der Waals surface area contributed by atoms with Crippen molar-refractivity contribution in [3.8, 4) is 0 Å². The van der Waals surface area contributed by atoms with Crippen LogP contribution in [0.25, 0.3) is 0 Å². The van der Waals surface area contributed by atoms with Crippen LogP contribution in [0.1, 0.15) is 18.5 Å². The standard InChI is InChI=1S/C18H20ClN3O4/c1-12(11-26-2)20-17(13-6-4-3-5-7-13)18(23)21-16-9-8-14(22(24)25)10-15(16)19/h3-10,12,17,20H,11H2,1-2H3,(H,21,23)/t12-,17+/m0/s1. The molecule has 0 aliphatic rings. The highest BCUT2D eigenvalue weighted by atomic mass is 35.5. The van der Waals surface area contributed by atoms with Gasteiger partial charge in [0, 0.05) is 25.3 Å². The summed E-state index contributed by atoms with van der Waals surface area (Å²) >= 11 is 6.06. The molecule has 2 aromatic rings. The number of nitrogens with zero attached hydrogens (tertiary/aromatic N) is 1. The lowest BCUT2D eigenvalue weighted by Gasteiger charge is -2.23. The summed E-state index contributed by atoms with van der Waals surface area (Å²) in [6.07, 6.45) is 0. The number of anilines is 1. The van der Waals surface area contributed by atoms with Crippen LogP contribution in [0.2, 0.25) is 5.02 Å². The number of ether oxygens (including phenoxy) is 1. The number of carbonyl (C=O) groups excluding carboxylic acids is 1. The van der Waals surface area contributed by atoms with Crippen LogP contribution in [-0.2, 0) is 9.53 Å². The van der Waals surface area contributed by atoms with Gasteiger partial charge in [-0.1, -0.05) is 41.9 Å². The van der Waals surface area contributed by atoms with Gasteiger partial charge in [0.05, 0.1) is 22.2 Å². The number of nitro benzene ring substituents is 1. The van der Waals surface area contributed by atoms with Gasteiger partial charge in [-0.3, -0.25) is 20.2 Å². The lowest BCUT2D eigenvalue weighted by Crippen LogP contribution is -2.40. The van der Waals surface area contributed by atoms with E-state index in [1.165, 1.54) is 18.2 Å². The summed E-state index contributed by atoms with van der Waals surface area (Å²) in [7, 11) is 1.59. The van der Waals surface area contributed by atoms with Crippen LogP contribution in [0.5, 0.6) is 0 Å². The molecule has 0 aliphatic carbocycles. The number of amides is 1. The summed E-state index contributed by atoms with van der Waals surface area (Å²) in [6, 6.07) is 12.5. The minimum absolute atomic E-state index is 0.0664. The van der Waals surface area contributed by atoms with E-state index in [9.17, 15) is 14.9 Å². The summed E-state index contributed by atoms with van der Waals surface area (Å²) < 4.78 is 5.11. The first kappa shape index (κ1) is 19.8. The molecular weight excluding hydrogens is 358 g/mol. The third-order valence-electron chi connectivity index (χ3n) is 3.68. The van der Waals surface area contributed by atoms with Crippen LogP contribution < -0.4 is 10.6 Å². The molecule has 2 rings (SSSR count). The second-order valence-corrected chi connectivity index (χ2v) is 6.18. The van der Waals surface area contributed by atoms with E-state index >= 15 is 0 Å². The van der Waals surface area contributed by atoms with Gasteiger partial charge in [-0.15, -0.1) is 0 Å². The average Bonchev–Trinajstić information content (AvgIpc) is 2.62. The fourth-order valence-electron chi connectivity index (χ4n) is 2.48. The molecule has 138 valence electrons. The fourth-order valence-corrected chi connectivity index (χ4v) is 2.70. The van der Waals surface area contributed by atoms with Gasteiger partial charge in [-0.2, -0.15) is 0 Å². The first-order chi connectivity index (χ1) is 12.4. The molecule has 8 heteroatoms. The zero-order valence-electron chi connectivity index (χ0n) is 14.4. The smallest absolute Gasteiger partial charge is 0.271 e. The van der Waals surface area contributed by atoms with E-state index in [4.69, 9.17) is 16.3 Å². The molecule has 0 radical (unpaired) electrons. The molecule has 0 aromatic heterocycles. The highest BCUT2D eigenvalue weighted by Gasteiger charge is 2.23. The van der Waals surface area contributed by atoms with Crippen molar-refractivity contribution in [3.63, 3.8) is 0 Å². The molecule has 1 amide bonds. The van der Waals surface area contributed by atoms with E-state index in [2.05, 4.69) is 10.6 Å². The Hall–Kier alpha value is -2.48. The number of carbonyl (C=O) groups is 1. The highest BCUT2D eigenvalue weighted by Crippen LogP contribution is 2.27. The molecule has 0 saturated heterocycles. The molecule has 2 atom stereocenters. The second kappa shape index (κ2) is 9.28. The van der Waals surface area contributed by atoms with E-state index in [1.54, 1.807) is 7.11 Å². The first-order valence-corrected chi connectivity index (χ1v) is 8.35. The Morgan fingerprint density at radius 1 is 1.27 bits per heavy atom. The Balaban J connectivity index is 2.22. The zero-order valence-corrected chi connectivity index (χ0v) is 15.2. The van der Waals surface area contributed by atoms with E-state index in [0.29, 0.717) is 12.3 Å². The van der Waals surface area contributed by atoms with Gasteiger partial charge in [0.2, 0.25) is 5.91 Å². The number of hydrogen-bond acceptors (Lipinski definition) is 5. The molecule has 26 heavy (non-hydrogen) atoms. The number of benzene rings is 2. The van der Waals surface area contributed by atoms with Gasteiger partial charge in [-0.05, 0) is 18.6 Å². The Kier molecular flexibility index (Phi) is 7.08. The first-order valence-electron chi connectivity index (χ1n) is 7.97. The minimum Gasteiger partial charge on any atom is -0.383 e. The van der Waals surface area contributed by atoms with E-state index < -0.39 is 11.0 Å². The highest BCUT2D eigenvalue weighted by molar-refractivity contribution is 6.34. The van der Waals surface area contributed by atoms with Crippen LogP contribution in [0.3, 0.4) is 0 Å². The molecule has 0 spiro atoms. The van der Waals surface area contributed by atoms with Crippen molar-refractivity contribution in [2.45, 2.75) is 19.0 Å². The van der Waals surface area contributed by atoms with Crippen LogP contribution in [0.15, 0.2) is 48.5 Å². The largest absolute Gasteiger partial charge is 0.383 e. The van der Waals surface area contributed by atoms with Gasteiger partial charge in [0.1, 0.15) is 6.04 Å². The van der Waals surface area contributed by atoms with Crippen molar-refractivity contribution in [1.82, 2.24) is 5.32 Å². The Bertz CT molecular complexity index is 770. The number of rotatable bonds is 8. The van der Waals surface area contributed by atoms with E-state index in [1.807, 2.05) is 37.3 Å². The monoisotopic (exact) mass is 377 g/mol. The molecule has 0 saturated carbocycles. The van der Waals surface area contributed by atoms with Crippen LogP contribution in [0, 0.1) is 10.1 Å². The molecule has 0 bridgehead atoms. The Morgan fingerprint density at radius 3 is 2.54 bits per heavy atom. The number of halogens is 1. The van der Waals surface area contributed by atoms with Gasteiger partial charge in [0.15, 0.2) is 0 Å². The lowest BCUT2D eigenvalue weighted by molar-refractivity contribution is -0.384. The molecular formula is C18H20ClN3O4. The van der Waals surface area contributed by atoms with Crippen molar-refractivity contribution in [1.29, 1.82) is 0 Å². The van der Waals surface area contributed by atoms with Gasteiger partial charge in [-0.25, -0.2) is 0 Å². The van der Waals surface area contributed by atoms with E-state index in [0.717, 1.165) is 5.56 Å². The average molecular weight is 378 g/mol. The molecule has 2 aromatic carbocycles. The topological polar surface area (TPSA) is 93.5 Å². The molecule has 0 unspecified atom stereocenters. The molecule has 0 fully saturated rings. The molecule has 7 nitrogen and oxygen atoms in total. The summed E-state index contributed by atoms with van der Waals surface area (Å²) in [6.45, 7) is 2.35. The van der Waals surface area contributed by atoms with Crippen molar-refractivity contribution in [2.75, 3.05) is 19.0 Å². The number of methoxy groups -OCH3 is 1. The normalized spacial score (nSPS) is 13.0. The Labute approximate surface area is 156 Å². The summed E-state index contributed by atoms with van der Waals surface area (Å²) in [4.78, 5) is 23.1. The SMILES string of the molecule is COC[C@H](C)N[C@@H](C(=O)Nc1ccc([N+](=O)[O-])cc1Cl)c1ccccc1. The third-order valence-corrected chi connectivity index (χ3v) is 4.00. The van der Waals surface area contributed by atoms with Crippen LogP contribution >= 0.6 is 11.6 Å². The van der Waals surface area contributed by atoms with E-state index in [-0.39, 0.29) is 22.7 Å². The van der Waals surface area contributed by atoms with Crippen LogP contribution in [0.4, 0.5) is 11.4 Å². The fraction of sp³-hybridized carbons (Fsp3) is 0.278. The van der Waals surface area contributed by atoms with Crippen molar-refractivity contribution >= 4 is 28.9 Å². The predicted molar refractivity (Wildman–Crippen MR) is 100 cm³/mol. The lowest BCUT2D eigenvalue weighted by atomic mass is 10.0. The maximum atomic E-state index is 12.8.